The number of carbonyl (C=O) groups is 1. The van der Waals surface area contributed by atoms with Crippen LogP contribution in [0.15, 0.2) is 48.5 Å². The Balaban J connectivity index is 1.56. The molecule has 0 radical (unpaired) electrons. The molecule has 0 spiro atoms. The van der Waals surface area contributed by atoms with E-state index in [0.717, 1.165) is 11.0 Å². The van der Waals surface area contributed by atoms with Crippen molar-refractivity contribution in [2.24, 2.45) is 5.92 Å². The molecule has 4 rings (SSSR count). The van der Waals surface area contributed by atoms with Crippen LogP contribution in [0.2, 0.25) is 0 Å². The van der Waals surface area contributed by atoms with E-state index in [2.05, 4.69) is 0 Å². The summed E-state index contributed by atoms with van der Waals surface area (Å²) in [7, 11) is -0.628. The van der Waals surface area contributed by atoms with Crippen LogP contribution < -0.4 is 10.2 Å². The summed E-state index contributed by atoms with van der Waals surface area (Å²) in [6, 6.07) is 15.1. The van der Waals surface area contributed by atoms with E-state index < -0.39 is 30.4 Å². The second-order valence-electron chi connectivity index (χ2n) is 10.6. The number of nitrogens with zero attached hydrogens (tertiary/aromatic N) is 1. The molecule has 1 atom stereocenters. The summed E-state index contributed by atoms with van der Waals surface area (Å²) in [4.78, 5) is 14.5. The number of benzene rings is 2. The largest absolute Gasteiger partial charge is 0.494 e. The molecular formula is C27H33BF3NO4. The minimum absolute atomic E-state index is 0.0517. The average molecular weight is 503 g/mol. The number of hydrogen-bond donors (Lipinski definition) is 0. The molecular weight excluding hydrogens is 470 g/mol. The maximum absolute atomic E-state index is 13.3. The second kappa shape index (κ2) is 10.1. The fraction of sp³-hybridized carbons (Fsp3) is 0.519. The normalized spacial score (nSPS) is 21.5. The van der Waals surface area contributed by atoms with Crippen LogP contribution in [0.3, 0.4) is 0 Å². The third-order valence-corrected chi connectivity index (χ3v) is 7.43. The monoisotopic (exact) mass is 503 g/mol. The lowest BCUT2D eigenvalue weighted by Gasteiger charge is -2.34. The van der Waals surface area contributed by atoms with Gasteiger partial charge in [0.05, 0.1) is 23.5 Å². The third-order valence-electron chi connectivity index (χ3n) is 7.43. The second-order valence-corrected chi connectivity index (χ2v) is 10.6. The Morgan fingerprint density at radius 2 is 1.75 bits per heavy atom. The highest BCUT2D eigenvalue weighted by molar-refractivity contribution is 6.62. The smallest absolute Gasteiger partial charge is 0.489 e. The molecule has 2 fully saturated rings. The van der Waals surface area contributed by atoms with E-state index in [1.54, 1.807) is 6.07 Å². The number of piperidine rings is 1. The lowest BCUT2D eigenvalue weighted by atomic mass is 9.78. The molecule has 2 saturated heterocycles. The van der Waals surface area contributed by atoms with Crippen LogP contribution in [0.5, 0.6) is 5.75 Å². The molecule has 1 unspecified atom stereocenters. The van der Waals surface area contributed by atoms with E-state index in [0.29, 0.717) is 30.9 Å². The van der Waals surface area contributed by atoms with Crippen molar-refractivity contribution in [2.75, 3.05) is 13.1 Å². The zero-order valence-electron chi connectivity index (χ0n) is 21.2. The summed E-state index contributed by atoms with van der Waals surface area (Å²) in [6.45, 7) is 8.16. The average Bonchev–Trinajstić information content (AvgIpc) is 3.05. The van der Waals surface area contributed by atoms with Crippen LogP contribution >= 0.6 is 0 Å². The van der Waals surface area contributed by atoms with E-state index in [4.69, 9.17) is 14.0 Å². The van der Waals surface area contributed by atoms with E-state index in [1.807, 2.05) is 70.2 Å². The SMILES string of the molecule is CC1(C)OB(c2ccc(OCc3ccccc3)c(CC(=O)N3CCCC(C(F)(F)F)C3)c2)OC1(C)C. The van der Waals surface area contributed by atoms with Gasteiger partial charge in [-0.2, -0.15) is 13.2 Å². The Bertz CT molecular complexity index is 1060. The minimum Gasteiger partial charge on any atom is -0.489 e. The van der Waals surface area contributed by atoms with Crippen LogP contribution in [0.25, 0.3) is 0 Å². The zero-order valence-corrected chi connectivity index (χ0v) is 21.2. The van der Waals surface area contributed by atoms with E-state index in [9.17, 15) is 18.0 Å². The molecule has 0 aliphatic carbocycles. The first-order chi connectivity index (χ1) is 16.9. The van der Waals surface area contributed by atoms with E-state index >= 15 is 0 Å². The van der Waals surface area contributed by atoms with Gasteiger partial charge in [0, 0.05) is 18.7 Å². The molecule has 2 heterocycles. The molecule has 0 aromatic heterocycles. The van der Waals surface area contributed by atoms with Crippen molar-refractivity contribution in [3.05, 3.63) is 59.7 Å². The summed E-state index contributed by atoms with van der Waals surface area (Å²) in [6.07, 6.45) is -3.99. The van der Waals surface area contributed by atoms with E-state index in [1.165, 1.54) is 4.90 Å². The fourth-order valence-corrected chi connectivity index (χ4v) is 4.48. The third kappa shape index (κ3) is 5.89. The molecule has 5 nitrogen and oxygen atoms in total. The van der Waals surface area contributed by atoms with Gasteiger partial charge in [-0.3, -0.25) is 4.79 Å². The molecule has 2 aliphatic rings. The van der Waals surface area contributed by atoms with Gasteiger partial charge in [-0.1, -0.05) is 42.5 Å². The molecule has 0 N–H and O–H groups in total. The number of carbonyl (C=O) groups excluding carboxylic acids is 1. The summed E-state index contributed by atoms with van der Waals surface area (Å²) in [5, 5.41) is 0. The van der Waals surface area contributed by atoms with Crippen molar-refractivity contribution in [3.8, 4) is 5.75 Å². The van der Waals surface area contributed by atoms with Crippen LogP contribution in [-0.2, 0) is 27.1 Å². The highest BCUT2D eigenvalue weighted by Gasteiger charge is 2.51. The number of hydrogen-bond acceptors (Lipinski definition) is 4. The molecule has 2 aromatic rings. The summed E-state index contributed by atoms with van der Waals surface area (Å²) >= 11 is 0. The van der Waals surface area contributed by atoms with Gasteiger partial charge < -0.3 is 18.9 Å². The maximum atomic E-state index is 13.3. The predicted molar refractivity (Wildman–Crippen MR) is 132 cm³/mol. The number of likely N-dealkylation sites (tertiary alicyclic amines) is 1. The molecule has 9 heteroatoms. The number of rotatable bonds is 6. The number of halogens is 3. The van der Waals surface area contributed by atoms with Crippen LogP contribution in [0.1, 0.15) is 51.7 Å². The Morgan fingerprint density at radius 3 is 2.39 bits per heavy atom. The molecule has 1 amide bonds. The minimum atomic E-state index is -4.31. The first-order valence-electron chi connectivity index (χ1n) is 12.4. The molecule has 2 aromatic carbocycles. The fourth-order valence-electron chi connectivity index (χ4n) is 4.48. The highest BCUT2D eigenvalue weighted by Crippen LogP contribution is 2.37. The Morgan fingerprint density at radius 1 is 1.08 bits per heavy atom. The van der Waals surface area contributed by atoms with Crippen molar-refractivity contribution in [2.45, 2.75) is 70.9 Å². The topological polar surface area (TPSA) is 48.0 Å². The Kier molecular flexibility index (Phi) is 7.44. The molecule has 0 saturated carbocycles. The summed E-state index contributed by atoms with van der Waals surface area (Å²) in [5.74, 6) is -1.32. The standard InChI is InChI=1S/C27H33BF3NO4/c1-25(2)26(3,4)36-28(35-25)22-12-13-23(34-18-19-9-6-5-7-10-19)20(15-22)16-24(33)32-14-8-11-21(17-32)27(29,30)31/h5-7,9-10,12-13,15,21H,8,11,14,16-18H2,1-4H3. The molecule has 2 aliphatic heterocycles. The van der Waals surface area contributed by atoms with Crippen molar-refractivity contribution in [3.63, 3.8) is 0 Å². The molecule has 0 bridgehead atoms. The number of amides is 1. The summed E-state index contributed by atoms with van der Waals surface area (Å²) < 4.78 is 58.3. The van der Waals surface area contributed by atoms with Gasteiger partial charge in [-0.15, -0.1) is 0 Å². The van der Waals surface area contributed by atoms with Crippen molar-refractivity contribution in [1.29, 1.82) is 0 Å². The van der Waals surface area contributed by atoms with E-state index in [-0.39, 0.29) is 25.3 Å². The zero-order chi connectivity index (χ0) is 26.1. The number of ether oxygens (including phenoxy) is 1. The highest BCUT2D eigenvalue weighted by atomic mass is 19.4. The quantitative estimate of drug-likeness (QED) is 0.526. The molecule has 194 valence electrons. The van der Waals surface area contributed by atoms with Crippen LogP contribution in [0, 0.1) is 5.92 Å². The van der Waals surface area contributed by atoms with Gasteiger partial charge in [-0.25, -0.2) is 0 Å². The van der Waals surface area contributed by atoms with Gasteiger partial charge >= 0.3 is 13.3 Å². The van der Waals surface area contributed by atoms with Crippen LogP contribution in [-0.4, -0.2) is 48.4 Å². The van der Waals surface area contributed by atoms with Gasteiger partial charge in [0.1, 0.15) is 12.4 Å². The van der Waals surface area contributed by atoms with Gasteiger partial charge in [0.2, 0.25) is 5.91 Å². The van der Waals surface area contributed by atoms with Gasteiger partial charge in [0.25, 0.3) is 0 Å². The van der Waals surface area contributed by atoms with Crippen LogP contribution in [0.4, 0.5) is 13.2 Å². The lowest BCUT2D eigenvalue weighted by molar-refractivity contribution is -0.187. The Labute approximate surface area is 211 Å². The number of alkyl halides is 3. The predicted octanol–water partition coefficient (Wildman–Crippen LogP) is 4.91. The van der Waals surface area contributed by atoms with Crippen molar-refractivity contribution in [1.82, 2.24) is 4.90 Å². The first-order valence-corrected chi connectivity index (χ1v) is 12.4. The van der Waals surface area contributed by atoms with Gasteiger partial charge in [-0.05, 0) is 57.6 Å². The van der Waals surface area contributed by atoms with Crippen molar-refractivity contribution >= 4 is 18.5 Å². The summed E-state index contributed by atoms with van der Waals surface area (Å²) in [5.41, 5.74) is 1.23. The maximum Gasteiger partial charge on any atom is 0.494 e. The van der Waals surface area contributed by atoms with Crippen molar-refractivity contribution < 1.29 is 32.0 Å². The molecule has 36 heavy (non-hydrogen) atoms. The van der Waals surface area contributed by atoms with Gasteiger partial charge in [0.15, 0.2) is 0 Å². The Hall–Kier alpha value is -2.52. The lowest BCUT2D eigenvalue weighted by Crippen LogP contribution is -2.45. The first kappa shape index (κ1) is 26.5.